The molecule has 9 nitrogen and oxygen atoms in total. The van der Waals surface area contributed by atoms with Crippen LogP contribution in [0.3, 0.4) is 0 Å². The van der Waals surface area contributed by atoms with E-state index in [1.54, 1.807) is 23.6 Å². The van der Waals surface area contributed by atoms with E-state index < -0.39 is 11.6 Å². The van der Waals surface area contributed by atoms with Crippen LogP contribution in [0.1, 0.15) is 40.5 Å². The zero-order valence-electron chi connectivity index (χ0n) is 17.3. The lowest BCUT2D eigenvalue weighted by molar-refractivity contribution is -0.142. The Morgan fingerprint density at radius 3 is 2.07 bits per heavy atom. The Hall–Kier alpha value is -1.87. The molecule has 1 saturated heterocycles. The molecule has 9 heteroatoms. The number of guanidine groups is 1. The molecule has 0 spiro atoms. The molecule has 2 amide bonds. The minimum Gasteiger partial charge on any atom is -0.357 e. The van der Waals surface area contributed by atoms with Gasteiger partial charge in [0.15, 0.2) is 5.96 Å². The van der Waals surface area contributed by atoms with Crippen LogP contribution in [0, 0.1) is 0 Å². The number of amides is 2. The number of nitrogens with two attached hydrogens (primary N) is 2. The molecule has 1 atom stereocenters. The summed E-state index contributed by atoms with van der Waals surface area (Å²) >= 11 is 0. The van der Waals surface area contributed by atoms with Gasteiger partial charge >= 0.3 is 0 Å². The van der Waals surface area contributed by atoms with Crippen LogP contribution in [0.15, 0.2) is 4.99 Å². The first-order valence-corrected chi connectivity index (χ1v) is 9.85. The smallest absolute Gasteiger partial charge is 0.242 e. The van der Waals surface area contributed by atoms with E-state index in [0.29, 0.717) is 39.1 Å². The number of nitrogens with one attached hydrogen (secondary N) is 2. The number of rotatable bonds is 8. The van der Waals surface area contributed by atoms with Gasteiger partial charge in [0.1, 0.15) is 0 Å². The van der Waals surface area contributed by atoms with Crippen molar-refractivity contribution in [2.75, 3.05) is 45.8 Å². The first kappa shape index (κ1) is 23.2. The first-order valence-electron chi connectivity index (χ1n) is 9.85. The molecule has 0 saturated carbocycles. The van der Waals surface area contributed by atoms with Gasteiger partial charge in [-0.1, -0.05) is 0 Å². The third kappa shape index (κ3) is 7.72. The van der Waals surface area contributed by atoms with Gasteiger partial charge < -0.3 is 31.9 Å². The molecule has 0 radical (unpaired) electrons. The predicted molar refractivity (Wildman–Crippen MR) is 108 cm³/mol. The molecule has 1 heterocycles. The van der Waals surface area contributed by atoms with Crippen LogP contribution < -0.4 is 22.1 Å². The molecular formula is C18H37N7O2. The van der Waals surface area contributed by atoms with E-state index in [0.717, 1.165) is 25.5 Å². The summed E-state index contributed by atoms with van der Waals surface area (Å²) in [6.07, 6.45) is 1.33. The van der Waals surface area contributed by atoms with E-state index in [1.165, 1.54) is 0 Å². The van der Waals surface area contributed by atoms with Crippen LogP contribution >= 0.6 is 0 Å². The number of hydrogen-bond acceptors (Lipinski definition) is 5. The van der Waals surface area contributed by atoms with E-state index in [4.69, 9.17) is 11.5 Å². The van der Waals surface area contributed by atoms with E-state index in [-0.39, 0.29) is 11.8 Å². The van der Waals surface area contributed by atoms with Gasteiger partial charge in [-0.05, 0) is 40.5 Å². The second kappa shape index (κ2) is 11.1. The molecule has 6 N–H and O–H groups in total. The lowest BCUT2D eigenvalue weighted by atomic mass is 10.0. The Kier molecular flexibility index (Phi) is 9.51. The summed E-state index contributed by atoms with van der Waals surface area (Å²) in [5.41, 5.74) is 11.1. The Bertz CT molecular complexity index is 500. The summed E-state index contributed by atoms with van der Waals surface area (Å²) in [4.78, 5) is 32.6. The van der Waals surface area contributed by atoms with Crippen molar-refractivity contribution in [2.45, 2.75) is 52.1 Å². The van der Waals surface area contributed by atoms with E-state index in [1.807, 2.05) is 13.8 Å². The number of nitrogens with zero attached hydrogens (tertiary/aromatic N) is 3. The van der Waals surface area contributed by atoms with Gasteiger partial charge in [-0.2, -0.15) is 0 Å². The van der Waals surface area contributed by atoms with E-state index >= 15 is 0 Å². The second-order valence-corrected chi connectivity index (χ2v) is 7.38. The summed E-state index contributed by atoms with van der Waals surface area (Å²) in [5.74, 6) is 0.633. The lowest BCUT2D eigenvalue weighted by Gasteiger charge is -2.38. The van der Waals surface area contributed by atoms with E-state index in [9.17, 15) is 9.59 Å². The normalized spacial score (nSPS) is 15.9. The molecule has 0 aromatic carbocycles. The van der Waals surface area contributed by atoms with Gasteiger partial charge in [0.2, 0.25) is 11.8 Å². The average Bonchev–Trinajstić information content (AvgIpc) is 2.63. The van der Waals surface area contributed by atoms with Crippen molar-refractivity contribution >= 4 is 17.8 Å². The molecule has 1 fully saturated rings. The number of carbonyl (C=O) groups is 2. The van der Waals surface area contributed by atoms with Crippen LogP contribution in [0.5, 0.6) is 0 Å². The van der Waals surface area contributed by atoms with Crippen molar-refractivity contribution in [2.24, 2.45) is 16.5 Å². The largest absolute Gasteiger partial charge is 0.357 e. The zero-order valence-corrected chi connectivity index (χ0v) is 17.3. The fourth-order valence-corrected chi connectivity index (χ4v) is 2.91. The van der Waals surface area contributed by atoms with Gasteiger partial charge in [0.05, 0.1) is 11.6 Å². The average molecular weight is 384 g/mol. The van der Waals surface area contributed by atoms with Crippen molar-refractivity contribution in [1.29, 1.82) is 0 Å². The van der Waals surface area contributed by atoms with Crippen LogP contribution in [-0.4, -0.2) is 85.0 Å². The molecule has 0 aromatic heterocycles. The summed E-state index contributed by atoms with van der Waals surface area (Å²) < 4.78 is 0. The van der Waals surface area contributed by atoms with Crippen LogP contribution in [0.4, 0.5) is 0 Å². The van der Waals surface area contributed by atoms with Gasteiger partial charge in [0.25, 0.3) is 0 Å². The summed E-state index contributed by atoms with van der Waals surface area (Å²) in [6.45, 7) is 11.6. The fourth-order valence-electron chi connectivity index (χ4n) is 2.91. The molecule has 1 aliphatic rings. The number of aliphatic imine (C=N–C) groups is 1. The van der Waals surface area contributed by atoms with Gasteiger partial charge in [-0.3, -0.25) is 14.6 Å². The van der Waals surface area contributed by atoms with Crippen LogP contribution in [0.25, 0.3) is 0 Å². The highest BCUT2D eigenvalue weighted by Gasteiger charge is 2.32. The molecular weight excluding hydrogens is 346 g/mol. The summed E-state index contributed by atoms with van der Waals surface area (Å²) in [5, 5.41) is 6.32. The highest BCUT2D eigenvalue weighted by atomic mass is 16.2. The fraction of sp³-hybridized carbons (Fsp3) is 0.833. The number of hydrogen-bond donors (Lipinski definition) is 4. The molecule has 0 bridgehead atoms. The van der Waals surface area contributed by atoms with Crippen molar-refractivity contribution in [3.05, 3.63) is 0 Å². The van der Waals surface area contributed by atoms with Crippen molar-refractivity contribution in [1.82, 2.24) is 20.4 Å². The SMILES string of the molecule is CCNC(=NCCC[C@@H](N)C(=O)N1CCN(C(=O)C(C)(C)N)CC1)NCC. The summed E-state index contributed by atoms with van der Waals surface area (Å²) in [7, 11) is 0. The van der Waals surface area contributed by atoms with Gasteiger partial charge in [0, 0.05) is 45.8 Å². The van der Waals surface area contributed by atoms with Crippen molar-refractivity contribution in [3.63, 3.8) is 0 Å². The predicted octanol–water partition coefficient (Wildman–Crippen LogP) is -0.923. The van der Waals surface area contributed by atoms with Crippen molar-refractivity contribution < 1.29 is 9.59 Å². The molecule has 0 aliphatic carbocycles. The molecule has 156 valence electrons. The third-order valence-electron chi connectivity index (χ3n) is 4.38. The molecule has 0 unspecified atom stereocenters. The quantitative estimate of drug-likeness (QED) is 0.244. The maximum absolute atomic E-state index is 12.5. The first-order chi connectivity index (χ1) is 12.7. The monoisotopic (exact) mass is 383 g/mol. The van der Waals surface area contributed by atoms with Crippen molar-refractivity contribution in [3.8, 4) is 0 Å². The van der Waals surface area contributed by atoms with Gasteiger partial charge in [-0.15, -0.1) is 0 Å². The van der Waals surface area contributed by atoms with Crippen LogP contribution in [-0.2, 0) is 9.59 Å². The highest BCUT2D eigenvalue weighted by Crippen LogP contribution is 2.10. The molecule has 0 aromatic rings. The Labute approximate surface area is 162 Å². The van der Waals surface area contributed by atoms with E-state index in [2.05, 4.69) is 15.6 Å². The van der Waals surface area contributed by atoms with Crippen LogP contribution in [0.2, 0.25) is 0 Å². The standard InChI is InChI=1S/C18H37N7O2/c1-5-21-17(22-6-2)23-9-7-8-14(19)15(26)24-10-12-25(13-11-24)16(27)18(3,4)20/h14H,5-13,19-20H2,1-4H3,(H2,21,22,23)/t14-/m1/s1. The Morgan fingerprint density at radius 2 is 1.59 bits per heavy atom. The zero-order chi connectivity index (χ0) is 20.4. The summed E-state index contributed by atoms with van der Waals surface area (Å²) in [6, 6.07) is -0.532. The highest BCUT2D eigenvalue weighted by molar-refractivity contribution is 5.86. The minimum atomic E-state index is -0.888. The topological polar surface area (TPSA) is 129 Å². The maximum Gasteiger partial charge on any atom is 0.242 e. The third-order valence-corrected chi connectivity index (χ3v) is 4.38. The molecule has 1 aliphatic heterocycles. The maximum atomic E-state index is 12.5. The lowest BCUT2D eigenvalue weighted by Crippen LogP contribution is -2.59. The Morgan fingerprint density at radius 1 is 1.07 bits per heavy atom. The minimum absolute atomic E-state index is 0.0586. The molecule has 1 rings (SSSR count). The Balaban J connectivity index is 2.38. The van der Waals surface area contributed by atoms with Gasteiger partial charge in [-0.25, -0.2) is 0 Å². The number of carbonyl (C=O) groups excluding carboxylic acids is 2. The second-order valence-electron chi connectivity index (χ2n) is 7.38. The molecule has 27 heavy (non-hydrogen) atoms. The number of piperazine rings is 1.